The largest absolute Gasteiger partial charge is 0.349 e. The molecule has 202 valence electrons. The Bertz CT molecular complexity index is 589. The molecule has 0 rings (SSSR count). The fraction of sp³-hybridized carbons (Fsp3) is 0.929. The van der Waals surface area contributed by atoms with Crippen molar-refractivity contribution in [2.75, 3.05) is 0 Å². The molecule has 1 atom stereocenters. The summed E-state index contributed by atoms with van der Waals surface area (Å²) in [6.07, 6.45) is 8.70. The van der Waals surface area contributed by atoms with Crippen molar-refractivity contribution >= 4 is 11.9 Å². The van der Waals surface area contributed by atoms with Gasteiger partial charge in [-0.3, -0.25) is 9.78 Å². The average molecular weight is 487 g/mol. The van der Waals surface area contributed by atoms with Crippen molar-refractivity contribution < 1.29 is 29.4 Å². The molecule has 1 unspecified atom stereocenters. The van der Waals surface area contributed by atoms with E-state index >= 15 is 0 Å². The maximum absolute atomic E-state index is 12.9. The predicted octanol–water partition coefficient (Wildman–Crippen LogP) is 8.53. The van der Waals surface area contributed by atoms with Crippen molar-refractivity contribution in [2.45, 2.75) is 140 Å². The molecule has 0 amide bonds. The maximum atomic E-state index is 12.9. The standard InChI is InChI=1S/C28H54O6/c1-25(2,3)19-15-12-13-18-23(29)31-33-34-32-24(30)22(17-14-16-20-26(4,5)6)28(10,11)21-27(7,8)9/h22H,12-21H2,1-11H3. The topological polar surface area (TPSA) is 71.1 Å². The quantitative estimate of drug-likeness (QED) is 0.131. The molecular formula is C28H54O6. The molecule has 6 heteroatoms. The Morgan fingerprint density at radius 1 is 0.618 bits per heavy atom. The second-order valence-corrected chi connectivity index (χ2v) is 14.2. The molecule has 0 radical (unpaired) electrons. The van der Waals surface area contributed by atoms with Crippen LogP contribution in [0.2, 0.25) is 0 Å². The van der Waals surface area contributed by atoms with E-state index in [9.17, 15) is 9.59 Å². The summed E-state index contributed by atoms with van der Waals surface area (Å²) in [5.74, 6) is -1.39. The summed E-state index contributed by atoms with van der Waals surface area (Å²) in [5.41, 5.74) is 0.342. The van der Waals surface area contributed by atoms with Gasteiger partial charge in [0.25, 0.3) is 0 Å². The molecular weight excluding hydrogens is 432 g/mol. The molecule has 0 spiro atoms. The van der Waals surface area contributed by atoms with Crippen LogP contribution in [0.15, 0.2) is 0 Å². The van der Waals surface area contributed by atoms with Crippen molar-refractivity contribution in [3.63, 3.8) is 0 Å². The summed E-state index contributed by atoms with van der Waals surface area (Å²) in [4.78, 5) is 34.1. The maximum Gasteiger partial charge on any atom is 0.349 e. The lowest BCUT2D eigenvalue weighted by Gasteiger charge is -2.37. The van der Waals surface area contributed by atoms with Crippen molar-refractivity contribution in [1.82, 2.24) is 0 Å². The van der Waals surface area contributed by atoms with E-state index in [1.165, 1.54) is 0 Å². The third kappa shape index (κ3) is 18.2. The fourth-order valence-corrected chi connectivity index (χ4v) is 4.62. The van der Waals surface area contributed by atoms with Crippen LogP contribution in [0, 0.1) is 27.6 Å². The zero-order valence-corrected chi connectivity index (χ0v) is 24.1. The Balaban J connectivity index is 4.56. The number of carbonyl (C=O) groups excluding carboxylic acids is 2. The van der Waals surface area contributed by atoms with E-state index in [4.69, 9.17) is 4.89 Å². The van der Waals surface area contributed by atoms with Crippen LogP contribution in [0.5, 0.6) is 0 Å². The molecule has 0 N–H and O–H groups in total. The molecule has 0 aliphatic heterocycles. The number of rotatable bonds is 15. The van der Waals surface area contributed by atoms with Crippen LogP contribution in [-0.2, 0) is 29.4 Å². The van der Waals surface area contributed by atoms with Crippen LogP contribution < -0.4 is 0 Å². The second-order valence-electron chi connectivity index (χ2n) is 14.2. The highest BCUT2D eigenvalue weighted by atomic mass is 17.7. The van der Waals surface area contributed by atoms with Crippen LogP contribution >= 0.6 is 0 Å². The Morgan fingerprint density at radius 2 is 1.12 bits per heavy atom. The van der Waals surface area contributed by atoms with Gasteiger partial charge in [-0.15, -0.1) is 0 Å². The smallest absolute Gasteiger partial charge is 0.266 e. The monoisotopic (exact) mass is 486 g/mol. The molecule has 0 bridgehead atoms. The summed E-state index contributed by atoms with van der Waals surface area (Å²) in [5, 5.41) is 8.93. The van der Waals surface area contributed by atoms with E-state index in [2.05, 4.69) is 91.1 Å². The lowest BCUT2D eigenvalue weighted by molar-refractivity contribution is -0.601. The lowest BCUT2D eigenvalue weighted by atomic mass is 9.67. The highest BCUT2D eigenvalue weighted by molar-refractivity contribution is 5.72. The SMILES string of the molecule is CC(C)(C)CCCCCC(=O)OOOOC(=O)C(CCCCC(C)(C)C)C(C)(C)CC(C)(C)C. The van der Waals surface area contributed by atoms with E-state index in [0.29, 0.717) is 11.8 Å². The molecule has 0 aliphatic rings. The van der Waals surface area contributed by atoms with E-state index in [1.54, 1.807) is 0 Å². The van der Waals surface area contributed by atoms with Gasteiger partial charge in [-0.1, -0.05) is 102 Å². The number of unbranched alkanes of at least 4 members (excludes halogenated alkanes) is 3. The summed E-state index contributed by atoms with van der Waals surface area (Å²) in [7, 11) is 0. The third-order valence-electron chi connectivity index (χ3n) is 5.96. The van der Waals surface area contributed by atoms with Gasteiger partial charge in [0.2, 0.25) is 0 Å². The van der Waals surface area contributed by atoms with Crippen LogP contribution in [0.3, 0.4) is 0 Å². The Morgan fingerprint density at radius 3 is 1.62 bits per heavy atom. The molecule has 0 aromatic carbocycles. The number of carbonyl (C=O) groups is 2. The Kier molecular flexibility index (Phi) is 13.9. The van der Waals surface area contributed by atoms with Gasteiger partial charge < -0.3 is 0 Å². The van der Waals surface area contributed by atoms with Crippen LogP contribution in [0.4, 0.5) is 0 Å². The summed E-state index contributed by atoms with van der Waals surface area (Å²) < 4.78 is 0. The van der Waals surface area contributed by atoms with Gasteiger partial charge in [0.15, 0.2) is 0 Å². The number of hydrogen-bond acceptors (Lipinski definition) is 6. The minimum Gasteiger partial charge on any atom is -0.266 e. The predicted molar refractivity (Wildman–Crippen MR) is 136 cm³/mol. The number of hydrogen-bond donors (Lipinski definition) is 0. The first kappa shape index (κ1) is 32.9. The molecule has 0 aromatic rings. The summed E-state index contributed by atoms with van der Waals surface area (Å²) in [6, 6.07) is 0. The van der Waals surface area contributed by atoms with E-state index in [1.807, 2.05) is 0 Å². The molecule has 0 saturated heterocycles. The van der Waals surface area contributed by atoms with Gasteiger partial charge >= 0.3 is 11.9 Å². The van der Waals surface area contributed by atoms with Crippen molar-refractivity contribution in [3.05, 3.63) is 0 Å². The average Bonchev–Trinajstić information content (AvgIpc) is 2.60. The zero-order valence-electron chi connectivity index (χ0n) is 24.1. The molecule has 6 nitrogen and oxygen atoms in total. The van der Waals surface area contributed by atoms with Gasteiger partial charge in [-0.25, -0.2) is 9.59 Å². The van der Waals surface area contributed by atoms with Crippen LogP contribution in [0.25, 0.3) is 0 Å². The van der Waals surface area contributed by atoms with Crippen LogP contribution in [-0.4, -0.2) is 11.9 Å². The Labute approximate surface area is 209 Å². The van der Waals surface area contributed by atoms with Gasteiger partial charge in [-0.05, 0) is 53.8 Å². The molecule has 0 aliphatic carbocycles. The molecule has 0 fully saturated rings. The second kappa shape index (κ2) is 14.4. The lowest BCUT2D eigenvalue weighted by Crippen LogP contribution is -2.35. The normalized spacial score (nSPS) is 14.1. The van der Waals surface area contributed by atoms with Gasteiger partial charge in [0, 0.05) is 16.5 Å². The zero-order chi connectivity index (χ0) is 26.6. The van der Waals surface area contributed by atoms with Gasteiger partial charge in [0.05, 0.1) is 5.92 Å². The van der Waals surface area contributed by atoms with Gasteiger partial charge in [0.1, 0.15) is 0 Å². The highest BCUT2D eigenvalue weighted by Gasteiger charge is 2.39. The molecule has 0 saturated carbocycles. The molecule has 0 aromatic heterocycles. The first-order valence-corrected chi connectivity index (χ1v) is 13.1. The third-order valence-corrected chi connectivity index (χ3v) is 5.96. The van der Waals surface area contributed by atoms with Gasteiger partial charge in [-0.2, -0.15) is 0 Å². The molecule has 34 heavy (non-hydrogen) atoms. The minimum atomic E-state index is -0.543. The van der Waals surface area contributed by atoms with Crippen molar-refractivity contribution in [2.24, 2.45) is 27.6 Å². The summed E-state index contributed by atoms with van der Waals surface area (Å²) in [6.45, 7) is 24.0. The van der Waals surface area contributed by atoms with Crippen molar-refractivity contribution in [1.29, 1.82) is 0 Å². The van der Waals surface area contributed by atoms with E-state index in [-0.39, 0.29) is 28.6 Å². The first-order chi connectivity index (χ1) is 15.3. The fourth-order valence-electron chi connectivity index (χ4n) is 4.62. The summed E-state index contributed by atoms with van der Waals surface area (Å²) >= 11 is 0. The van der Waals surface area contributed by atoms with Crippen LogP contribution in [0.1, 0.15) is 140 Å². The molecule has 0 heterocycles. The first-order valence-electron chi connectivity index (χ1n) is 13.1. The van der Waals surface area contributed by atoms with Crippen molar-refractivity contribution in [3.8, 4) is 0 Å². The highest BCUT2D eigenvalue weighted by Crippen LogP contribution is 2.42. The van der Waals surface area contributed by atoms with E-state index < -0.39 is 11.9 Å². The van der Waals surface area contributed by atoms with E-state index in [0.717, 1.165) is 51.4 Å². The Hall–Kier alpha value is -1.14. The minimum absolute atomic E-state index is 0.0627.